The smallest absolute Gasteiger partial charge is 0.254 e. The SMILES string of the molecule is CC(C)C(NC(=O)c1cccc(Cl)c1F)/C(N)=N/O. The summed E-state index contributed by atoms with van der Waals surface area (Å²) in [6, 6.07) is 3.42. The maximum absolute atomic E-state index is 13.7. The van der Waals surface area contributed by atoms with Gasteiger partial charge in [-0.3, -0.25) is 4.79 Å². The molecule has 1 unspecified atom stereocenters. The van der Waals surface area contributed by atoms with Crippen LogP contribution in [0.5, 0.6) is 0 Å². The number of hydrogen-bond acceptors (Lipinski definition) is 3. The molecule has 19 heavy (non-hydrogen) atoms. The lowest BCUT2D eigenvalue weighted by atomic mass is 10.0. The summed E-state index contributed by atoms with van der Waals surface area (Å²) in [5, 5.41) is 13.9. The maximum atomic E-state index is 13.7. The number of benzene rings is 1. The number of carbonyl (C=O) groups is 1. The van der Waals surface area contributed by atoms with Crippen molar-refractivity contribution in [2.45, 2.75) is 19.9 Å². The van der Waals surface area contributed by atoms with Gasteiger partial charge in [-0.2, -0.15) is 0 Å². The number of oxime groups is 1. The van der Waals surface area contributed by atoms with E-state index >= 15 is 0 Å². The number of hydrogen-bond donors (Lipinski definition) is 3. The molecule has 0 heterocycles. The van der Waals surface area contributed by atoms with Crippen molar-refractivity contribution in [3.05, 3.63) is 34.6 Å². The van der Waals surface area contributed by atoms with Crippen LogP contribution >= 0.6 is 11.6 Å². The molecule has 0 aliphatic carbocycles. The van der Waals surface area contributed by atoms with Gasteiger partial charge in [-0.05, 0) is 18.1 Å². The van der Waals surface area contributed by atoms with Crippen LogP contribution in [0.4, 0.5) is 4.39 Å². The van der Waals surface area contributed by atoms with Gasteiger partial charge in [-0.25, -0.2) is 4.39 Å². The van der Waals surface area contributed by atoms with Crippen molar-refractivity contribution in [3.63, 3.8) is 0 Å². The molecular weight excluding hydrogens is 273 g/mol. The minimum absolute atomic E-state index is 0.123. The van der Waals surface area contributed by atoms with Crippen LogP contribution in [0.3, 0.4) is 0 Å². The number of halogens is 2. The molecule has 1 amide bonds. The summed E-state index contributed by atoms with van der Waals surface area (Å²) in [5.41, 5.74) is 5.29. The molecule has 7 heteroatoms. The highest BCUT2D eigenvalue weighted by atomic mass is 35.5. The monoisotopic (exact) mass is 287 g/mol. The molecule has 104 valence electrons. The van der Waals surface area contributed by atoms with Crippen molar-refractivity contribution in [2.24, 2.45) is 16.8 Å². The predicted molar refractivity (Wildman–Crippen MR) is 70.9 cm³/mol. The normalized spacial score (nSPS) is 13.4. The Morgan fingerprint density at radius 3 is 2.68 bits per heavy atom. The fourth-order valence-electron chi connectivity index (χ4n) is 1.54. The van der Waals surface area contributed by atoms with E-state index in [0.717, 1.165) is 0 Å². The Bertz CT molecular complexity index is 506. The number of nitrogens with one attached hydrogen (secondary N) is 1. The molecule has 1 rings (SSSR count). The number of amides is 1. The van der Waals surface area contributed by atoms with E-state index in [9.17, 15) is 9.18 Å². The Balaban J connectivity index is 2.98. The van der Waals surface area contributed by atoms with Crippen LogP contribution in [-0.2, 0) is 0 Å². The quantitative estimate of drug-likeness (QED) is 0.342. The van der Waals surface area contributed by atoms with Crippen LogP contribution in [0.25, 0.3) is 0 Å². The van der Waals surface area contributed by atoms with Crippen LogP contribution in [0.2, 0.25) is 5.02 Å². The van der Waals surface area contributed by atoms with Crippen LogP contribution in [0, 0.1) is 11.7 Å². The average Bonchev–Trinajstić information content (AvgIpc) is 2.37. The van der Waals surface area contributed by atoms with Gasteiger partial charge < -0.3 is 16.3 Å². The standard InChI is InChI=1S/C12H15ClFN3O2/c1-6(2)10(11(15)17-19)16-12(18)7-4-3-5-8(13)9(7)14/h3-6,10,19H,1-2H3,(H2,15,17)(H,16,18). The van der Waals surface area contributed by atoms with E-state index in [4.69, 9.17) is 22.5 Å². The van der Waals surface area contributed by atoms with Gasteiger partial charge in [0.05, 0.1) is 16.6 Å². The van der Waals surface area contributed by atoms with Gasteiger partial charge in [-0.1, -0.05) is 36.7 Å². The van der Waals surface area contributed by atoms with Crippen molar-refractivity contribution in [1.82, 2.24) is 5.32 Å². The first-order valence-electron chi connectivity index (χ1n) is 5.60. The number of amidine groups is 1. The number of rotatable bonds is 4. The third-order valence-electron chi connectivity index (χ3n) is 2.58. The molecule has 0 spiro atoms. The van der Waals surface area contributed by atoms with Crippen LogP contribution in [-0.4, -0.2) is 23.0 Å². The Morgan fingerprint density at radius 1 is 1.53 bits per heavy atom. The molecular formula is C12H15ClFN3O2. The molecule has 1 atom stereocenters. The van der Waals surface area contributed by atoms with Gasteiger partial charge in [0, 0.05) is 0 Å². The zero-order valence-corrected chi connectivity index (χ0v) is 11.3. The molecule has 0 bridgehead atoms. The van der Waals surface area contributed by atoms with E-state index in [0.29, 0.717) is 0 Å². The van der Waals surface area contributed by atoms with Crippen molar-refractivity contribution in [3.8, 4) is 0 Å². The van der Waals surface area contributed by atoms with E-state index < -0.39 is 17.8 Å². The van der Waals surface area contributed by atoms with E-state index in [-0.39, 0.29) is 22.3 Å². The van der Waals surface area contributed by atoms with Gasteiger partial charge in [-0.15, -0.1) is 0 Å². The number of carbonyl (C=O) groups excluding carboxylic acids is 1. The summed E-state index contributed by atoms with van der Waals surface area (Å²) in [4.78, 5) is 12.0. The van der Waals surface area contributed by atoms with Crippen LogP contribution in [0.1, 0.15) is 24.2 Å². The second-order valence-corrected chi connectivity index (χ2v) is 4.73. The van der Waals surface area contributed by atoms with E-state index in [1.165, 1.54) is 18.2 Å². The van der Waals surface area contributed by atoms with E-state index in [1.54, 1.807) is 13.8 Å². The van der Waals surface area contributed by atoms with Gasteiger partial charge >= 0.3 is 0 Å². The van der Waals surface area contributed by atoms with Gasteiger partial charge in [0.25, 0.3) is 5.91 Å². The highest BCUT2D eigenvalue weighted by Gasteiger charge is 2.23. The molecule has 1 aromatic carbocycles. The van der Waals surface area contributed by atoms with E-state index in [2.05, 4.69) is 10.5 Å². The molecule has 5 nitrogen and oxygen atoms in total. The summed E-state index contributed by atoms with van der Waals surface area (Å²) in [5.74, 6) is -1.75. The molecule has 0 saturated carbocycles. The average molecular weight is 288 g/mol. The largest absolute Gasteiger partial charge is 0.409 e. The number of nitrogens with two attached hydrogens (primary N) is 1. The van der Waals surface area contributed by atoms with Crippen LogP contribution < -0.4 is 11.1 Å². The topological polar surface area (TPSA) is 87.7 Å². The van der Waals surface area contributed by atoms with Gasteiger partial charge in [0.15, 0.2) is 11.7 Å². The van der Waals surface area contributed by atoms with Crippen molar-refractivity contribution in [1.29, 1.82) is 0 Å². The molecule has 0 aliphatic heterocycles. The lowest BCUT2D eigenvalue weighted by molar-refractivity contribution is 0.0934. The summed E-state index contributed by atoms with van der Waals surface area (Å²) < 4.78 is 13.7. The minimum atomic E-state index is -0.802. The molecule has 0 fully saturated rings. The van der Waals surface area contributed by atoms with Crippen molar-refractivity contribution in [2.75, 3.05) is 0 Å². The van der Waals surface area contributed by atoms with Gasteiger partial charge in [0.1, 0.15) is 0 Å². The summed E-state index contributed by atoms with van der Waals surface area (Å²) in [6.45, 7) is 3.55. The molecule has 0 radical (unpaired) electrons. The second kappa shape index (κ2) is 6.38. The Morgan fingerprint density at radius 2 is 2.16 bits per heavy atom. The van der Waals surface area contributed by atoms with Crippen LogP contribution in [0.15, 0.2) is 23.4 Å². The summed E-state index contributed by atoms with van der Waals surface area (Å²) in [7, 11) is 0. The molecule has 0 aliphatic rings. The predicted octanol–water partition coefficient (Wildman–Crippen LogP) is 1.98. The Labute approximate surface area is 115 Å². The molecule has 0 saturated heterocycles. The first-order valence-corrected chi connectivity index (χ1v) is 5.98. The first kappa shape index (κ1) is 15.2. The fraction of sp³-hybridized carbons (Fsp3) is 0.333. The lowest BCUT2D eigenvalue weighted by Crippen LogP contribution is -2.48. The Hall–Kier alpha value is -1.82. The highest BCUT2D eigenvalue weighted by Crippen LogP contribution is 2.18. The number of nitrogens with zero attached hydrogens (tertiary/aromatic N) is 1. The Kier molecular flexibility index (Phi) is 5.11. The first-order chi connectivity index (χ1) is 8.88. The third kappa shape index (κ3) is 3.57. The van der Waals surface area contributed by atoms with Crippen molar-refractivity contribution >= 4 is 23.3 Å². The van der Waals surface area contributed by atoms with E-state index in [1.807, 2.05) is 0 Å². The molecule has 1 aromatic rings. The summed E-state index contributed by atoms with van der Waals surface area (Å²) in [6.07, 6.45) is 0. The van der Waals surface area contributed by atoms with Crippen molar-refractivity contribution < 1.29 is 14.4 Å². The minimum Gasteiger partial charge on any atom is -0.409 e. The molecule has 4 N–H and O–H groups in total. The summed E-state index contributed by atoms with van der Waals surface area (Å²) >= 11 is 5.60. The highest BCUT2D eigenvalue weighted by molar-refractivity contribution is 6.31. The maximum Gasteiger partial charge on any atom is 0.254 e. The lowest BCUT2D eigenvalue weighted by Gasteiger charge is -2.21. The molecule has 0 aromatic heterocycles. The zero-order valence-electron chi connectivity index (χ0n) is 10.5. The zero-order chi connectivity index (χ0) is 14.6. The third-order valence-corrected chi connectivity index (χ3v) is 2.88. The van der Waals surface area contributed by atoms with Gasteiger partial charge in [0.2, 0.25) is 0 Å². The second-order valence-electron chi connectivity index (χ2n) is 4.32. The fourth-order valence-corrected chi connectivity index (χ4v) is 1.72.